The predicted octanol–water partition coefficient (Wildman–Crippen LogP) is 2.10. The van der Waals surface area contributed by atoms with E-state index in [0.29, 0.717) is 18.2 Å². The third-order valence-electron chi connectivity index (χ3n) is 2.21. The number of ether oxygens (including phenoxy) is 1. The second-order valence-corrected chi connectivity index (χ2v) is 4.12. The van der Waals surface area contributed by atoms with Gasteiger partial charge in [0.25, 0.3) is 5.17 Å². The highest BCUT2D eigenvalue weighted by Crippen LogP contribution is 1.98. The van der Waals surface area contributed by atoms with Gasteiger partial charge in [-0.25, -0.2) is 0 Å². The molecule has 0 fully saturated rings. The topological polar surface area (TPSA) is 38.3 Å². The monoisotopic (exact) mass is 251 g/mol. The van der Waals surface area contributed by atoms with Crippen LogP contribution < -0.4 is 5.32 Å². The molecule has 17 heavy (non-hydrogen) atoms. The second kappa shape index (κ2) is 7.79. The van der Waals surface area contributed by atoms with E-state index in [1.165, 1.54) is 12.5 Å². The molecule has 92 valence electrons. The number of hydrogen-bond acceptors (Lipinski definition) is 3. The molecule has 0 aliphatic rings. The molecule has 0 aliphatic heterocycles. The molecule has 0 amide bonds. The number of hydrogen-bond donors (Lipinski definition) is 1. The van der Waals surface area contributed by atoms with Gasteiger partial charge in [-0.3, -0.25) is 4.79 Å². The molecule has 0 radical (unpaired) electrons. The standard InChI is InChI=1S/C13H17NO2S/c1-11(15)8-10-16-13(17)14-9-7-12-5-3-2-4-6-12/h2-6H,7-10H2,1H3,(H,14,17). The van der Waals surface area contributed by atoms with Crippen molar-refractivity contribution >= 4 is 23.2 Å². The first-order valence-corrected chi connectivity index (χ1v) is 6.03. The Balaban J connectivity index is 2.10. The van der Waals surface area contributed by atoms with Crippen LogP contribution in [0.25, 0.3) is 0 Å². The van der Waals surface area contributed by atoms with Gasteiger partial charge in [0.05, 0.1) is 6.61 Å². The summed E-state index contributed by atoms with van der Waals surface area (Å²) < 4.78 is 5.19. The minimum atomic E-state index is 0.108. The first-order chi connectivity index (χ1) is 8.18. The number of rotatable bonds is 6. The van der Waals surface area contributed by atoms with Crippen molar-refractivity contribution < 1.29 is 9.53 Å². The molecule has 0 saturated carbocycles. The maximum Gasteiger partial charge on any atom is 0.256 e. The molecule has 0 unspecified atom stereocenters. The second-order valence-electron chi connectivity index (χ2n) is 3.75. The molecule has 1 aromatic carbocycles. The summed E-state index contributed by atoms with van der Waals surface area (Å²) in [5.74, 6) is 0.108. The smallest absolute Gasteiger partial charge is 0.256 e. The van der Waals surface area contributed by atoms with E-state index in [-0.39, 0.29) is 5.78 Å². The van der Waals surface area contributed by atoms with Gasteiger partial charge in [0.1, 0.15) is 5.78 Å². The Morgan fingerprint density at radius 2 is 2.06 bits per heavy atom. The fourth-order valence-electron chi connectivity index (χ4n) is 1.29. The number of benzene rings is 1. The minimum Gasteiger partial charge on any atom is -0.471 e. The van der Waals surface area contributed by atoms with Crippen LogP contribution in [0.5, 0.6) is 0 Å². The lowest BCUT2D eigenvalue weighted by Gasteiger charge is -2.08. The van der Waals surface area contributed by atoms with Crippen LogP contribution in [0.3, 0.4) is 0 Å². The van der Waals surface area contributed by atoms with E-state index in [9.17, 15) is 4.79 Å². The maximum absolute atomic E-state index is 10.7. The molecule has 0 aliphatic carbocycles. The lowest BCUT2D eigenvalue weighted by molar-refractivity contribution is -0.117. The summed E-state index contributed by atoms with van der Waals surface area (Å²) in [6.45, 7) is 2.63. The Kier molecular flexibility index (Phi) is 6.25. The fraction of sp³-hybridized carbons (Fsp3) is 0.385. The summed E-state index contributed by atoms with van der Waals surface area (Å²) in [6, 6.07) is 10.2. The predicted molar refractivity (Wildman–Crippen MR) is 72.0 cm³/mol. The largest absolute Gasteiger partial charge is 0.471 e. The number of ketones is 1. The minimum absolute atomic E-state index is 0.108. The van der Waals surface area contributed by atoms with Gasteiger partial charge in [0.2, 0.25) is 0 Å². The highest BCUT2D eigenvalue weighted by Gasteiger charge is 1.98. The molecule has 0 spiro atoms. The molecule has 1 N–H and O–H groups in total. The van der Waals surface area contributed by atoms with Crippen molar-refractivity contribution in [3.63, 3.8) is 0 Å². The first-order valence-electron chi connectivity index (χ1n) is 5.62. The summed E-state index contributed by atoms with van der Waals surface area (Å²) in [6.07, 6.45) is 1.30. The quantitative estimate of drug-likeness (QED) is 0.786. The van der Waals surface area contributed by atoms with Gasteiger partial charge in [0, 0.05) is 13.0 Å². The van der Waals surface area contributed by atoms with Crippen LogP contribution in [0.2, 0.25) is 0 Å². The Bertz CT molecular complexity index is 365. The normalized spacial score (nSPS) is 9.71. The highest BCUT2D eigenvalue weighted by atomic mass is 32.1. The summed E-state index contributed by atoms with van der Waals surface area (Å²) in [4.78, 5) is 10.7. The number of carbonyl (C=O) groups excluding carboxylic acids is 1. The van der Waals surface area contributed by atoms with Gasteiger partial charge in [-0.2, -0.15) is 0 Å². The van der Waals surface area contributed by atoms with E-state index in [0.717, 1.165) is 13.0 Å². The molecule has 0 bridgehead atoms. The van der Waals surface area contributed by atoms with E-state index in [1.807, 2.05) is 18.2 Å². The zero-order chi connectivity index (χ0) is 12.5. The van der Waals surface area contributed by atoms with Crippen molar-refractivity contribution in [3.05, 3.63) is 35.9 Å². The molecule has 0 atom stereocenters. The number of carbonyl (C=O) groups is 1. The third-order valence-corrected chi connectivity index (χ3v) is 2.48. The lowest BCUT2D eigenvalue weighted by Crippen LogP contribution is -2.26. The lowest BCUT2D eigenvalue weighted by atomic mass is 10.2. The third kappa shape index (κ3) is 6.68. The van der Waals surface area contributed by atoms with Crippen LogP contribution in [0, 0.1) is 0 Å². The number of Topliss-reactive ketones (excluding diaryl/α,β-unsaturated/α-hetero) is 1. The van der Waals surface area contributed by atoms with Gasteiger partial charge in [-0.05, 0) is 31.1 Å². The van der Waals surface area contributed by atoms with Gasteiger partial charge in [0.15, 0.2) is 0 Å². The van der Waals surface area contributed by atoms with Gasteiger partial charge in [-0.15, -0.1) is 0 Å². The average molecular weight is 251 g/mol. The molecular weight excluding hydrogens is 234 g/mol. The molecule has 0 saturated heterocycles. The van der Waals surface area contributed by atoms with Crippen LogP contribution >= 0.6 is 12.2 Å². The Labute approximate surface area is 107 Å². The van der Waals surface area contributed by atoms with Crippen LogP contribution in [0.15, 0.2) is 30.3 Å². The van der Waals surface area contributed by atoms with Crippen molar-refractivity contribution in [1.29, 1.82) is 0 Å². The Hall–Kier alpha value is -1.42. The average Bonchev–Trinajstić information content (AvgIpc) is 2.30. The summed E-state index contributed by atoms with van der Waals surface area (Å²) in [5.41, 5.74) is 1.26. The SMILES string of the molecule is CC(=O)CCOC(=S)NCCc1ccccc1. The number of nitrogens with one attached hydrogen (secondary N) is 1. The van der Waals surface area contributed by atoms with Crippen molar-refractivity contribution in [3.8, 4) is 0 Å². The Morgan fingerprint density at radius 1 is 1.35 bits per heavy atom. The van der Waals surface area contributed by atoms with E-state index < -0.39 is 0 Å². The maximum atomic E-state index is 10.7. The molecule has 3 nitrogen and oxygen atoms in total. The van der Waals surface area contributed by atoms with Crippen molar-refractivity contribution in [2.75, 3.05) is 13.2 Å². The van der Waals surface area contributed by atoms with E-state index in [1.54, 1.807) is 0 Å². The first kappa shape index (κ1) is 13.6. The van der Waals surface area contributed by atoms with Crippen LogP contribution in [-0.4, -0.2) is 24.1 Å². The fourth-order valence-corrected chi connectivity index (χ4v) is 1.48. The molecule has 4 heteroatoms. The van der Waals surface area contributed by atoms with Crippen molar-refractivity contribution in [2.24, 2.45) is 0 Å². The zero-order valence-electron chi connectivity index (χ0n) is 9.94. The summed E-state index contributed by atoms with van der Waals surface area (Å²) >= 11 is 4.98. The van der Waals surface area contributed by atoms with Crippen LogP contribution in [0.1, 0.15) is 18.9 Å². The van der Waals surface area contributed by atoms with Gasteiger partial charge < -0.3 is 10.1 Å². The van der Waals surface area contributed by atoms with Crippen LogP contribution in [-0.2, 0) is 16.0 Å². The summed E-state index contributed by atoms with van der Waals surface area (Å²) in [7, 11) is 0. The Morgan fingerprint density at radius 3 is 2.71 bits per heavy atom. The van der Waals surface area contributed by atoms with E-state index >= 15 is 0 Å². The molecule has 1 rings (SSSR count). The van der Waals surface area contributed by atoms with Gasteiger partial charge >= 0.3 is 0 Å². The van der Waals surface area contributed by atoms with Crippen LogP contribution in [0.4, 0.5) is 0 Å². The zero-order valence-corrected chi connectivity index (χ0v) is 10.8. The van der Waals surface area contributed by atoms with Crippen molar-refractivity contribution in [1.82, 2.24) is 5.32 Å². The number of thiocarbonyl (C=S) groups is 1. The van der Waals surface area contributed by atoms with E-state index in [2.05, 4.69) is 17.4 Å². The van der Waals surface area contributed by atoms with Crippen molar-refractivity contribution in [2.45, 2.75) is 19.8 Å². The molecular formula is C13H17NO2S. The molecule has 0 aromatic heterocycles. The van der Waals surface area contributed by atoms with E-state index in [4.69, 9.17) is 17.0 Å². The molecule has 1 aromatic rings. The summed E-state index contributed by atoms with van der Waals surface area (Å²) in [5, 5.41) is 3.37. The highest BCUT2D eigenvalue weighted by molar-refractivity contribution is 7.80. The molecule has 0 heterocycles. The van der Waals surface area contributed by atoms with Gasteiger partial charge in [-0.1, -0.05) is 30.3 Å².